The predicted octanol–water partition coefficient (Wildman–Crippen LogP) is 1.44. The molecule has 0 aliphatic rings. The van der Waals surface area contributed by atoms with Gasteiger partial charge < -0.3 is 15.3 Å². The molecule has 0 aliphatic carbocycles. The molecule has 0 spiro atoms. The van der Waals surface area contributed by atoms with Gasteiger partial charge in [-0.25, -0.2) is 0 Å². The zero-order valence-corrected chi connectivity index (χ0v) is 12.7. The van der Waals surface area contributed by atoms with Gasteiger partial charge in [0.25, 0.3) is 0 Å². The number of hydrogen-bond donors (Lipinski definition) is 2. The van der Waals surface area contributed by atoms with Crippen molar-refractivity contribution >= 4 is 12.0 Å². The van der Waals surface area contributed by atoms with E-state index >= 15 is 0 Å². The summed E-state index contributed by atoms with van der Waals surface area (Å²) >= 11 is 0. The molecule has 0 saturated heterocycles. The molecule has 1 rings (SSSR count). The summed E-state index contributed by atoms with van der Waals surface area (Å²) in [5.41, 5.74) is 1.21. The Hall–Kier alpha value is -1.65. The number of amides is 1. The summed E-state index contributed by atoms with van der Waals surface area (Å²) in [6.45, 7) is 4.43. The van der Waals surface area contributed by atoms with Gasteiger partial charge in [-0.05, 0) is 39.6 Å². The molecular weight excluding hydrogens is 252 g/mol. The Morgan fingerprint density at radius 3 is 2.75 bits per heavy atom. The van der Waals surface area contributed by atoms with Gasteiger partial charge in [-0.15, -0.1) is 0 Å². The van der Waals surface area contributed by atoms with Crippen LogP contribution in [0.2, 0.25) is 0 Å². The van der Waals surface area contributed by atoms with E-state index in [2.05, 4.69) is 5.32 Å². The van der Waals surface area contributed by atoms with Crippen LogP contribution in [0.5, 0.6) is 0 Å². The standard InChI is InChI=1S/C16H24N2O2/c1-13-6-5-7-14(10-13)8-9-15(19)17-11-16(2,20)12-18(3)4/h5-10,20H,11-12H2,1-4H3,(H,17,19)/b9-8+. The van der Waals surface area contributed by atoms with Gasteiger partial charge in [-0.2, -0.15) is 0 Å². The Morgan fingerprint density at radius 2 is 2.15 bits per heavy atom. The maximum Gasteiger partial charge on any atom is 0.244 e. The number of rotatable bonds is 6. The highest BCUT2D eigenvalue weighted by Gasteiger charge is 2.21. The van der Waals surface area contributed by atoms with Gasteiger partial charge in [0, 0.05) is 19.2 Å². The molecule has 2 N–H and O–H groups in total. The fraction of sp³-hybridized carbons (Fsp3) is 0.438. The lowest BCUT2D eigenvalue weighted by Crippen LogP contribution is -2.46. The maximum atomic E-state index is 11.7. The third-order valence-electron chi connectivity index (χ3n) is 2.77. The number of carbonyl (C=O) groups is 1. The van der Waals surface area contributed by atoms with Crippen molar-refractivity contribution in [1.82, 2.24) is 10.2 Å². The Kier molecular flexibility index (Phi) is 5.92. The van der Waals surface area contributed by atoms with Crippen LogP contribution in [0, 0.1) is 6.92 Å². The van der Waals surface area contributed by atoms with Gasteiger partial charge in [0.15, 0.2) is 0 Å². The van der Waals surface area contributed by atoms with E-state index in [1.54, 1.807) is 13.0 Å². The van der Waals surface area contributed by atoms with Crippen LogP contribution in [0.15, 0.2) is 30.3 Å². The van der Waals surface area contributed by atoms with E-state index in [4.69, 9.17) is 0 Å². The number of hydrogen-bond acceptors (Lipinski definition) is 3. The first kappa shape index (κ1) is 16.4. The van der Waals surface area contributed by atoms with E-state index < -0.39 is 5.60 Å². The van der Waals surface area contributed by atoms with Crippen LogP contribution in [-0.2, 0) is 4.79 Å². The first-order valence-electron chi connectivity index (χ1n) is 6.68. The van der Waals surface area contributed by atoms with Crippen molar-refractivity contribution in [2.24, 2.45) is 0 Å². The third-order valence-corrected chi connectivity index (χ3v) is 2.77. The molecule has 1 aromatic carbocycles. The van der Waals surface area contributed by atoms with Crippen molar-refractivity contribution < 1.29 is 9.90 Å². The summed E-state index contributed by atoms with van der Waals surface area (Å²) in [6.07, 6.45) is 3.25. The van der Waals surface area contributed by atoms with Crippen LogP contribution in [0.4, 0.5) is 0 Å². The first-order valence-corrected chi connectivity index (χ1v) is 6.68. The second kappa shape index (κ2) is 7.22. The minimum atomic E-state index is -0.934. The fourth-order valence-corrected chi connectivity index (χ4v) is 2.02. The van der Waals surface area contributed by atoms with Gasteiger partial charge >= 0.3 is 0 Å². The zero-order valence-electron chi connectivity index (χ0n) is 12.7. The molecule has 0 saturated carbocycles. The number of nitrogens with zero attached hydrogens (tertiary/aromatic N) is 1. The molecule has 0 aliphatic heterocycles. The summed E-state index contributed by atoms with van der Waals surface area (Å²) in [6, 6.07) is 7.91. The van der Waals surface area contributed by atoms with E-state index in [-0.39, 0.29) is 12.5 Å². The molecule has 0 heterocycles. The average molecular weight is 276 g/mol. The monoisotopic (exact) mass is 276 g/mol. The molecule has 4 nitrogen and oxygen atoms in total. The van der Waals surface area contributed by atoms with Crippen LogP contribution in [-0.4, -0.2) is 48.7 Å². The molecule has 1 aromatic rings. The van der Waals surface area contributed by atoms with E-state index in [9.17, 15) is 9.90 Å². The molecular formula is C16H24N2O2. The second-order valence-electron chi connectivity index (χ2n) is 5.70. The van der Waals surface area contributed by atoms with Gasteiger partial charge in [-0.1, -0.05) is 29.8 Å². The number of aliphatic hydroxyl groups is 1. The summed E-state index contributed by atoms with van der Waals surface area (Å²) in [4.78, 5) is 13.6. The van der Waals surface area contributed by atoms with E-state index in [0.29, 0.717) is 6.54 Å². The van der Waals surface area contributed by atoms with Gasteiger partial charge in [-0.3, -0.25) is 4.79 Å². The van der Waals surface area contributed by atoms with E-state index in [1.807, 2.05) is 50.2 Å². The molecule has 1 amide bonds. The topological polar surface area (TPSA) is 52.6 Å². The SMILES string of the molecule is Cc1cccc(/C=C/C(=O)NCC(C)(O)CN(C)C)c1. The lowest BCUT2D eigenvalue weighted by molar-refractivity contribution is -0.117. The number of likely N-dealkylation sites (N-methyl/N-ethyl adjacent to an activating group) is 1. The Bertz CT molecular complexity index is 479. The maximum absolute atomic E-state index is 11.7. The molecule has 1 unspecified atom stereocenters. The molecule has 0 aromatic heterocycles. The Labute approximate surface area is 121 Å². The van der Waals surface area contributed by atoms with Gasteiger partial charge in [0.1, 0.15) is 0 Å². The summed E-state index contributed by atoms with van der Waals surface area (Å²) in [5.74, 6) is -0.203. The number of nitrogens with one attached hydrogen (secondary N) is 1. The molecule has 110 valence electrons. The van der Waals surface area contributed by atoms with Crippen molar-refractivity contribution in [1.29, 1.82) is 0 Å². The van der Waals surface area contributed by atoms with Crippen LogP contribution in [0.3, 0.4) is 0 Å². The minimum absolute atomic E-state index is 0.203. The van der Waals surface area contributed by atoms with Crippen LogP contribution in [0.25, 0.3) is 6.08 Å². The first-order chi connectivity index (χ1) is 9.28. The second-order valence-corrected chi connectivity index (χ2v) is 5.70. The van der Waals surface area contributed by atoms with Crippen molar-refractivity contribution in [2.45, 2.75) is 19.4 Å². The third kappa shape index (κ3) is 6.50. The van der Waals surface area contributed by atoms with Crippen molar-refractivity contribution in [2.75, 3.05) is 27.2 Å². The van der Waals surface area contributed by atoms with Crippen molar-refractivity contribution in [3.8, 4) is 0 Å². The summed E-state index contributed by atoms with van der Waals surface area (Å²) < 4.78 is 0. The predicted molar refractivity (Wildman–Crippen MR) is 82.4 cm³/mol. The molecule has 4 heteroatoms. The largest absolute Gasteiger partial charge is 0.387 e. The van der Waals surface area contributed by atoms with Crippen molar-refractivity contribution in [3.05, 3.63) is 41.5 Å². The van der Waals surface area contributed by atoms with Gasteiger partial charge in [0.05, 0.1) is 5.60 Å². The lowest BCUT2D eigenvalue weighted by Gasteiger charge is -2.26. The van der Waals surface area contributed by atoms with Crippen molar-refractivity contribution in [3.63, 3.8) is 0 Å². The average Bonchev–Trinajstić information content (AvgIpc) is 2.32. The van der Waals surface area contributed by atoms with E-state index in [0.717, 1.165) is 11.1 Å². The Balaban J connectivity index is 2.48. The van der Waals surface area contributed by atoms with Crippen LogP contribution < -0.4 is 5.32 Å². The minimum Gasteiger partial charge on any atom is -0.387 e. The molecule has 0 radical (unpaired) electrons. The van der Waals surface area contributed by atoms with Crippen LogP contribution >= 0.6 is 0 Å². The summed E-state index contributed by atoms with van der Waals surface area (Å²) in [7, 11) is 3.77. The highest BCUT2D eigenvalue weighted by atomic mass is 16.3. The molecule has 0 bridgehead atoms. The number of carbonyl (C=O) groups excluding carboxylic acids is 1. The normalized spacial score (nSPS) is 14.5. The molecule has 1 atom stereocenters. The zero-order chi connectivity index (χ0) is 15.2. The highest BCUT2D eigenvalue weighted by Crippen LogP contribution is 2.06. The summed E-state index contributed by atoms with van der Waals surface area (Å²) in [5, 5.41) is 12.8. The van der Waals surface area contributed by atoms with Crippen LogP contribution in [0.1, 0.15) is 18.1 Å². The number of aryl methyl sites for hydroxylation is 1. The quantitative estimate of drug-likeness (QED) is 0.773. The van der Waals surface area contributed by atoms with E-state index in [1.165, 1.54) is 6.08 Å². The van der Waals surface area contributed by atoms with Gasteiger partial charge in [0.2, 0.25) is 5.91 Å². The number of benzene rings is 1. The molecule has 20 heavy (non-hydrogen) atoms. The molecule has 0 fully saturated rings. The lowest BCUT2D eigenvalue weighted by atomic mass is 10.1. The Morgan fingerprint density at radius 1 is 1.45 bits per heavy atom. The highest BCUT2D eigenvalue weighted by molar-refractivity contribution is 5.91. The smallest absolute Gasteiger partial charge is 0.244 e. The fourth-order valence-electron chi connectivity index (χ4n) is 2.02.